The van der Waals surface area contributed by atoms with Crippen LogP contribution in [0, 0.1) is 0 Å². The Balaban J connectivity index is 2.61. The van der Waals surface area contributed by atoms with Gasteiger partial charge in [0.2, 0.25) is 5.75 Å². The van der Waals surface area contributed by atoms with Gasteiger partial charge >= 0.3 is 12.0 Å². The molecule has 0 unspecified atom stereocenters. The number of methoxy groups -OCH3 is 3. The molecule has 0 saturated carbocycles. The summed E-state index contributed by atoms with van der Waals surface area (Å²) in [5.74, 6) is -0.208. The maximum atomic E-state index is 11.9. The number of benzene rings is 1. The van der Waals surface area contributed by atoms with Gasteiger partial charge < -0.3 is 24.3 Å². The Hall–Kier alpha value is -3.23. The zero-order valence-corrected chi connectivity index (χ0v) is 14.9. The third kappa shape index (κ3) is 6.34. The summed E-state index contributed by atoms with van der Waals surface area (Å²) in [7, 11) is 4.39. The number of hydrogen-bond acceptors (Lipinski definition) is 7. The standard InChI is InChI=1S/C17H22N2O7/c1-5-6-18-17(22)19-14(20)10-26-15(21)9-11-7-12(23-2)16(25-4)13(8-11)24-3/h5,7-8H,1,6,9-10H2,2-4H3,(H2,18,19,20,22). The second kappa shape index (κ2) is 10.6. The van der Waals surface area contributed by atoms with Gasteiger partial charge in [0.25, 0.3) is 5.91 Å². The molecule has 1 aromatic carbocycles. The lowest BCUT2D eigenvalue weighted by atomic mass is 10.1. The average molecular weight is 366 g/mol. The van der Waals surface area contributed by atoms with E-state index in [1.54, 1.807) is 12.1 Å². The largest absolute Gasteiger partial charge is 0.493 e. The van der Waals surface area contributed by atoms with E-state index in [9.17, 15) is 14.4 Å². The number of esters is 1. The lowest BCUT2D eigenvalue weighted by Crippen LogP contribution is -2.41. The van der Waals surface area contributed by atoms with Crippen LogP contribution in [-0.4, -0.2) is 52.4 Å². The normalized spacial score (nSPS) is 9.65. The second-order valence-electron chi connectivity index (χ2n) is 4.92. The molecule has 2 N–H and O–H groups in total. The lowest BCUT2D eigenvalue weighted by molar-refractivity contribution is -0.147. The minimum Gasteiger partial charge on any atom is -0.493 e. The van der Waals surface area contributed by atoms with Crippen LogP contribution in [0.4, 0.5) is 4.79 Å². The first-order chi connectivity index (χ1) is 12.4. The van der Waals surface area contributed by atoms with Crippen LogP contribution in [0.3, 0.4) is 0 Å². The van der Waals surface area contributed by atoms with E-state index in [1.807, 2.05) is 5.32 Å². The number of amides is 3. The van der Waals surface area contributed by atoms with Crippen molar-refractivity contribution in [2.45, 2.75) is 6.42 Å². The summed E-state index contributed by atoms with van der Waals surface area (Å²) in [5.41, 5.74) is 0.550. The van der Waals surface area contributed by atoms with Gasteiger partial charge in [-0.3, -0.25) is 14.9 Å². The zero-order valence-electron chi connectivity index (χ0n) is 14.9. The number of hydrogen-bond donors (Lipinski definition) is 2. The SMILES string of the molecule is C=CCNC(=O)NC(=O)COC(=O)Cc1cc(OC)c(OC)c(OC)c1. The summed E-state index contributed by atoms with van der Waals surface area (Å²) < 4.78 is 20.5. The third-order valence-electron chi connectivity index (χ3n) is 3.10. The second-order valence-corrected chi connectivity index (χ2v) is 4.92. The molecule has 0 fully saturated rings. The van der Waals surface area contributed by atoms with Crippen LogP contribution >= 0.6 is 0 Å². The number of carbonyl (C=O) groups is 3. The number of urea groups is 1. The summed E-state index contributed by atoms with van der Waals surface area (Å²) in [6, 6.07) is 2.51. The van der Waals surface area contributed by atoms with Crippen LogP contribution in [0.2, 0.25) is 0 Å². The van der Waals surface area contributed by atoms with E-state index in [1.165, 1.54) is 27.4 Å². The molecule has 1 rings (SSSR count). The van der Waals surface area contributed by atoms with E-state index >= 15 is 0 Å². The molecular formula is C17H22N2O7. The van der Waals surface area contributed by atoms with Crippen molar-refractivity contribution in [2.24, 2.45) is 0 Å². The van der Waals surface area contributed by atoms with Gasteiger partial charge in [0.05, 0.1) is 27.8 Å². The summed E-state index contributed by atoms with van der Waals surface area (Å²) in [6.45, 7) is 3.05. The molecule has 0 aliphatic carbocycles. The fraction of sp³-hybridized carbons (Fsp3) is 0.353. The number of imide groups is 1. The highest BCUT2D eigenvalue weighted by Crippen LogP contribution is 2.38. The quantitative estimate of drug-likeness (QED) is 0.491. The van der Waals surface area contributed by atoms with Crippen molar-refractivity contribution >= 4 is 17.9 Å². The molecule has 0 spiro atoms. The van der Waals surface area contributed by atoms with E-state index in [0.29, 0.717) is 22.8 Å². The highest BCUT2D eigenvalue weighted by atomic mass is 16.5. The maximum absolute atomic E-state index is 11.9. The first-order valence-electron chi connectivity index (χ1n) is 7.58. The highest BCUT2D eigenvalue weighted by molar-refractivity contribution is 5.95. The van der Waals surface area contributed by atoms with Crippen molar-refractivity contribution in [1.29, 1.82) is 0 Å². The summed E-state index contributed by atoms with van der Waals surface area (Å²) in [6.07, 6.45) is 1.34. The van der Waals surface area contributed by atoms with E-state index in [4.69, 9.17) is 18.9 Å². The number of carbonyl (C=O) groups excluding carboxylic acids is 3. The van der Waals surface area contributed by atoms with E-state index in [-0.39, 0.29) is 13.0 Å². The Morgan fingerprint density at radius 1 is 1.08 bits per heavy atom. The van der Waals surface area contributed by atoms with Gasteiger partial charge in [-0.2, -0.15) is 0 Å². The first-order valence-corrected chi connectivity index (χ1v) is 7.58. The molecule has 1 aromatic rings. The van der Waals surface area contributed by atoms with E-state index < -0.39 is 24.5 Å². The summed E-state index contributed by atoms with van der Waals surface area (Å²) >= 11 is 0. The predicted octanol–water partition coefficient (Wildman–Crippen LogP) is 0.810. The Bertz CT molecular complexity index is 648. The zero-order chi connectivity index (χ0) is 19.5. The number of rotatable bonds is 9. The molecule has 0 aliphatic heterocycles. The smallest absolute Gasteiger partial charge is 0.321 e. The van der Waals surface area contributed by atoms with Crippen LogP contribution in [0.15, 0.2) is 24.8 Å². The molecule has 0 saturated heterocycles. The van der Waals surface area contributed by atoms with Gasteiger partial charge in [0.1, 0.15) is 0 Å². The number of ether oxygens (including phenoxy) is 4. The Kier molecular flexibility index (Phi) is 8.48. The summed E-state index contributed by atoms with van der Waals surface area (Å²) in [4.78, 5) is 34.7. The van der Waals surface area contributed by atoms with Gasteiger partial charge in [-0.05, 0) is 17.7 Å². The molecule has 0 radical (unpaired) electrons. The fourth-order valence-corrected chi connectivity index (χ4v) is 1.97. The van der Waals surface area contributed by atoms with Gasteiger partial charge in [0.15, 0.2) is 18.1 Å². The number of nitrogens with one attached hydrogen (secondary N) is 2. The van der Waals surface area contributed by atoms with E-state index in [2.05, 4.69) is 11.9 Å². The molecule has 0 aromatic heterocycles. The van der Waals surface area contributed by atoms with Crippen LogP contribution in [0.1, 0.15) is 5.56 Å². The molecule has 3 amide bonds. The third-order valence-corrected chi connectivity index (χ3v) is 3.10. The minimum atomic E-state index is -0.746. The van der Waals surface area contributed by atoms with Crippen LogP contribution < -0.4 is 24.8 Å². The topological polar surface area (TPSA) is 112 Å². The van der Waals surface area contributed by atoms with Crippen molar-refractivity contribution in [1.82, 2.24) is 10.6 Å². The molecular weight excluding hydrogens is 344 g/mol. The average Bonchev–Trinajstić information content (AvgIpc) is 2.63. The Morgan fingerprint density at radius 2 is 1.69 bits per heavy atom. The maximum Gasteiger partial charge on any atom is 0.321 e. The molecule has 26 heavy (non-hydrogen) atoms. The fourth-order valence-electron chi connectivity index (χ4n) is 1.97. The van der Waals surface area contributed by atoms with Crippen molar-refractivity contribution in [2.75, 3.05) is 34.5 Å². The van der Waals surface area contributed by atoms with Gasteiger partial charge in [-0.1, -0.05) is 6.08 Å². The first kappa shape index (κ1) is 20.8. The van der Waals surface area contributed by atoms with Crippen LogP contribution in [-0.2, 0) is 20.7 Å². The van der Waals surface area contributed by atoms with Crippen LogP contribution in [0.25, 0.3) is 0 Å². The molecule has 0 atom stereocenters. The van der Waals surface area contributed by atoms with Crippen molar-refractivity contribution in [3.63, 3.8) is 0 Å². The van der Waals surface area contributed by atoms with Gasteiger partial charge in [0, 0.05) is 6.54 Å². The van der Waals surface area contributed by atoms with Gasteiger partial charge in [-0.25, -0.2) is 4.79 Å². The minimum absolute atomic E-state index is 0.118. The van der Waals surface area contributed by atoms with Crippen LogP contribution in [0.5, 0.6) is 17.2 Å². The molecule has 9 nitrogen and oxygen atoms in total. The molecule has 0 heterocycles. The highest BCUT2D eigenvalue weighted by Gasteiger charge is 2.16. The van der Waals surface area contributed by atoms with Crippen molar-refractivity contribution < 1.29 is 33.3 Å². The molecule has 9 heteroatoms. The Labute approximate surface area is 151 Å². The monoisotopic (exact) mass is 366 g/mol. The Morgan fingerprint density at radius 3 is 2.19 bits per heavy atom. The van der Waals surface area contributed by atoms with Gasteiger partial charge in [-0.15, -0.1) is 6.58 Å². The van der Waals surface area contributed by atoms with Crippen molar-refractivity contribution in [3.05, 3.63) is 30.4 Å². The molecule has 142 valence electrons. The van der Waals surface area contributed by atoms with E-state index in [0.717, 1.165) is 0 Å². The molecule has 0 bridgehead atoms. The van der Waals surface area contributed by atoms with Crippen molar-refractivity contribution in [3.8, 4) is 17.2 Å². The predicted molar refractivity (Wildman–Crippen MR) is 92.5 cm³/mol. The summed E-state index contributed by atoms with van der Waals surface area (Å²) in [5, 5.41) is 4.37. The molecule has 0 aliphatic rings. The lowest BCUT2D eigenvalue weighted by Gasteiger charge is -2.14.